The van der Waals surface area contributed by atoms with Gasteiger partial charge in [0.2, 0.25) is 5.88 Å². The van der Waals surface area contributed by atoms with Crippen LogP contribution < -0.4 is 21.1 Å². The number of nitrogen functional groups attached to an aromatic ring is 1. The number of likely N-dealkylation sites (tertiary alicyclic amines) is 1. The quantitative estimate of drug-likeness (QED) is 0.327. The largest absolute Gasteiger partial charge is 0.474 e. The number of carbonyl (C=O) groups is 1. The molecule has 4 N–H and O–H groups in total. The molecule has 1 amide bonds. The van der Waals surface area contributed by atoms with Crippen molar-refractivity contribution in [3.05, 3.63) is 35.9 Å². The van der Waals surface area contributed by atoms with Gasteiger partial charge >= 0.3 is 6.09 Å². The Labute approximate surface area is 215 Å². The smallest absolute Gasteiger partial charge is 0.413 e. The predicted octanol–water partition coefficient (Wildman–Crippen LogP) is 4.36. The number of aromatic nitrogens is 2. The lowest BCUT2D eigenvalue weighted by molar-refractivity contribution is -0.0188. The number of nitrogens with one attached hydrogen (secondary N) is 2. The number of pyridine rings is 2. The summed E-state index contributed by atoms with van der Waals surface area (Å²) < 4.78 is 65.6. The first-order chi connectivity index (χ1) is 18.2. The van der Waals surface area contributed by atoms with E-state index in [1.54, 1.807) is 6.07 Å². The number of hydrogen-bond donors (Lipinski definition) is 3. The molecule has 0 aliphatic carbocycles. The van der Waals surface area contributed by atoms with Gasteiger partial charge in [0.05, 0.1) is 12.2 Å². The van der Waals surface area contributed by atoms with E-state index in [9.17, 15) is 18.0 Å². The minimum absolute atomic E-state index is 0.0830. The molecular formula is C25H26F4N6O3. The first-order valence-corrected chi connectivity index (χ1v) is 12.1. The summed E-state index contributed by atoms with van der Waals surface area (Å²) in [4.78, 5) is 22.1. The van der Waals surface area contributed by atoms with Crippen LogP contribution in [0, 0.1) is 12.7 Å². The fourth-order valence-corrected chi connectivity index (χ4v) is 4.77. The SMILES string of the molecule is Cc1c(-c2cc3cc(NC(=O)O[C@H]4CCN(CC(F)F)C[C@@H]4F)ncc3c(N)c2F)cnc2c1NCCO2. The third-order valence-corrected chi connectivity index (χ3v) is 6.69. The molecule has 1 fully saturated rings. The van der Waals surface area contributed by atoms with Crippen LogP contribution in [0.4, 0.5) is 39.5 Å². The molecule has 202 valence electrons. The minimum atomic E-state index is -2.57. The molecule has 4 heterocycles. The number of nitrogens with two attached hydrogens (primary N) is 1. The van der Waals surface area contributed by atoms with Gasteiger partial charge in [0, 0.05) is 55.0 Å². The molecule has 0 bridgehead atoms. The number of carbonyl (C=O) groups excluding carboxylic acids is 1. The zero-order valence-corrected chi connectivity index (χ0v) is 20.4. The maximum Gasteiger partial charge on any atom is 0.413 e. The lowest BCUT2D eigenvalue weighted by Gasteiger charge is -2.33. The summed E-state index contributed by atoms with van der Waals surface area (Å²) in [5.41, 5.74) is 8.13. The van der Waals surface area contributed by atoms with Gasteiger partial charge in [-0.1, -0.05) is 0 Å². The maximum atomic E-state index is 15.3. The van der Waals surface area contributed by atoms with E-state index in [4.69, 9.17) is 15.2 Å². The highest BCUT2D eigenvalue weighted by Crippen LogP contribution is 2.39. The van der Waals surface area contributed by atoms with Crippen LogP contribution in [-0.4, -0.2) is 72.4 Å². The Morgan fingerprint density at radius 2 is 2.13 bits per heavy atom. The normalized spacial score (nSPS) is 19.5. The first kappa shape index (κ1) is 25.8. The Hall–Kier alpha value is -3.87. The summed E-state index contributed by atoms with van der Waals surface area (Å²) in [5, 5.41) is 6.49. The van der Waals surface area contributed by atoms with E-state index in [0.29, 0.717) is 41.1 Å². The van der Waals surface area contributed by atoms with E-state index in [1.165, 1.54) is 23.4 Å². The van der Waals surface area contributed by atoms with Gasteiger partial charge in [0.25, 0.3) is 6.43 Å². The van der Waals surface area contributed by atoms with Crippen LogP contribution in [0.2, 0.25) is 0 Å². The summed E-state index contributed by atoms with van der Waals surface area (Å²) in [6, 6.07) is 3.08. The number of fused-ring (bicyclic) bond motifs is 2. The fraction of sp³-hybridized carbons (Fsp3) is 0.400. The Balaban J connectivity index is 1.35. The molecule has 0 unspecified atom stereocenters. The van der Waals surface area contributed by atoms with E-state index >= 15 is 4.39 Å². The summed E-state index contributed by atoms with van der Waals surface area (Å²) in [7, 11) is 0. The number of benzene rings is 1. The van der Waals surface area contributed by atoms with E-state index < -0.39 is 37.2 Å². The van der Waals surface area contributed by atoms with Crippen LogP contribution in [0.5, 0.6) is 5.88 Å². The highest BCUT2D eigenvalue weighted by Gasteiger charge is 2.33. The molecule has 2 aliphatic heterocycles. The van der Waals surface area contributed by atoms with Gasteiger partial charge in [-0.3, -0.25) is 10.2 Å². The maximum absolute atomic E-state index is 15.3. The number of amides is 1. The number of anilines is 3. The van der Waals surface area contributed by atoms with Crippen molar-refractivity contribution in [3.8, 4) is 17.0 Å². The van der Waals surface area contributed by atoms with E-state index in [-0.39, 0.29) is 36.6 Å². The highest BCUT2D eigenvalue weighted by molar-refractivity contribution is 5.99. The van der Waals surface area contributed by atoms with E-state index in [1.807, 2.05) is 6.92 Å². The molecule has 5 rings (SSSR count). The van der Waals surface area contributed by atoms with Crippen molar-refractivity contribution in [1.29, 1.82) is 0 Å². The molecule has 38 heavy (non-hydrogen) atoms. The second-order valence-corrected chi connectivity index (χ2v) is 9.22. The van der Waals surface area contributed by atoms with Crippen molar-refractivity contribution in [2.24, 2.45) is 0 Å². The Morgan fingerprint density at radius 3 is 2.89 bits per heavy atom. The number of halogens is 4. The van der Waals surface area contributed by atoms with Crippen LogP contribution in [0.15, 0.2) is 24.5 Å². The molecule has 0 saturated carbocycles. The number of alkyl halides is 3. The third kappa shape index (κ3) is 5.10. The zero-order valence-electron chi connectivity index (χ0n) is 20.4. The molecule has 2 atom stereocenters. The molecule has 3 aromatic rings. The van der Waals surface area contributed by atoms with Gasteiger partial charge in [-0.05, 0) is 30.0 Å². The number of rotatable bonds is 5. The molecule has 1 saturated heterocycles. The second kappa shape index (κ2) is 10.5. The number of piperidine rings is 1. The predicted molar refractivity (Wildman–Crippen MR) is 134 cm³/mol. The standard InChI is InChI=1S/C25H26F4N6O3/c1-12-15(8-33-24-23(12)31-3-5-37-24)14-6-13-7-20(32-9-16(13)22(30)21(14)29)34-25(36)38-18-2-4-35(10-17(18)26)11-19(27)28/h6-9,17-19,31H,2-5,10-11,30H2,1H3,(H,32,34,36)/t17-,18-/m0/s1. The lowest BCUT2D eigenvalue weighted by Crippen LogP contribution is -2.48. The molecule has 9 nitrogen and oxygen atoms in total. The second-order valence-electron chi connectivity index (χ2n) is 9.22. The number of nitrogens with zero attached hydrogens (tertiary/aromatic N) is 3. The topological polar surface area (TPSA) is 115 Å². The highest BCUT2D eigenvalue weighted by atomic mass is 19.3. The van der Waals surface area contributed by atoms with Crippen molar-refractivity contribution < 1.29 is 31.8 Å². The third-order valence-electron chi connectivity index (χ3n) is 6.69. The summed E-state index contributed by atoms with van der Waals surface area (Å²) in [6.45, 7) is 2.30. The van der Waals surface area contributed by atoms with Crippen LogP contribution >= 0.6 is 0 Å². The average Bonchev–Trinajstić information content (AvgIpc) is 2.88. The van der Waals surface area contributed by atoms with Gasteiger partial charge in [0.1, 0.15) is 30.4 Å². The molecular weight excluding hydrogens is 508 g/mol. The van der Waals surface area contributed by atoms with Gasteiger partial charge in [0.15, 0.2) is 5.82 Å². The van der Waals surface area contributed by atoms with Crippen LogP contribution in [0.3, 0.4) is 0 Å². The lowest BCUT2D eigenvalue weighted by atomic mass is 9.97. The zero-order chi connectivity index (χ0) is 27.0. The molecule has 2 aliphatic rings. The van der Waals surface area contributed by atoms with Crippen molar-refractivity contribution in [3.63, 3.8) is 0 Å². The molecule has 2 aromatic heterocycles. The van der Waals surface area contributed by atoms with Crippen LogP contribution in [-0.2, 0) is 4.74 Å². The molecule has 1 aromatic carbocycles. The van der Waals surface area contributed by atoms with Crippen molar-refractivity contribution in [1.82, 2.24) is 14.9 Å². The molecule has 0 radical (unpaired) electrons. The van der Waals surface area contributed by atoms with Crippen molar-refractivity contribution >= 4 is 34.1 Å². The van der Waals surface area contributed by atoms with Crippen LogP contribution in [0.25, 0.3) is 21.9 Å². The Kier molecular flexibility index (Phi) is 7.11. The fourth-order valence-electron chi connectivity index (χ4n) is 4.77. The Bertz CT molecular complexity index is 1370. The van der Waals surface area contributed by atoms with Crippen molar-refractivity contribution in [2.75, 3.05) is 49.2 Å². The van der Waals surface area contributed by atoms with Gasteiger partial charge in [-0.25, -0.2) is 32.3 Å². The van der Waals surface area contributed by atoms with Gasteiger partial charge in [-0.2, -0.15) is 0 Å². The first-order valence-electron chi connectivity index (χ1n) is 12.1. The Morgan fingerprint density at radius 1 is 1.32 bits per heavy atom. The number of hydrogen-bond acceptors (Lipinski definition) is 8. The summed E-state index contributed by atoms with van der Waals surface area (Å²) >= 11 is 0. The monoisotopic (exact) mass is 534 g/mol. The van der Waals surface area contributed by atoms with Crippen molar-refractivity contribution in [2.45, 2.75) is 32.0 Å². The summed E-state index contributed by atoms with van der Waals surface area (Å²) in [6.07, 6.45) is -3.26. The van der Waals surface area contributed by atoms with E-state index in [0.717, 1.165) is 5.56 Å². The van der Waals surface area contributed by atoms with E-state index in [2.05, 4.69) is 20.6 Å². The summed E-state index contributed by atoms with van der Waals surface area (Å²) in [5.74, 6) is -0.107. The van der Waals surface area contributed by atoms with Crippen LogP contribution in [0.1, 0.15) is 12.0 Å². The van der Waals surface area contributed by atoms with Gasteiger partial charge < -0.3 is 20.5 Å². The minimum Gasteiger partial charge on any atom is -0.474 e. The molecule has 13 heteroatoms. The average molecular weight is 535 g/mol. The van der Waals surface area contributed by atoms with Gasteiger partial charge in [-0.15, -0.1) is 0 Å². The molecule has 0 spiro atoms. The number of ether oxygens (including phenoxy) is 2.